The predicted molar refractivity (Wildman–Crippen MR) is 100 cm³/mol. The maximum absolute atomic E-state index is 12.7. The number of likely N-dealkylation sites (N-methyl/N-ethyl adjacent to an activating group) is 1. The smallest absolute Gasteiger partial charge is 0.255 e. The van der Waals surface area contributed by atoms with Crippen molar-refractivity contribution in [2.75, 3.05) is 40.8 Å². The lowest BCUT2D eigenvalue weighted by atomic mass is 9.64. The number of carbonyl (C=O) groups excluding carboxylic acids is 1. The Labute approximate surface area is 156 Å². The maximum atomic E-state index is 12.7. The van der Waals surface area contributed by atoms with E-state index in [1.54, 1.807) is 25.4 Å². The molecule has 2 fully saturated rings. The molecule has 1 aromatic rings. The summed E-state index contributed by atoms with van der Waals surface area (Å²) in [6.45, 7) is 2.31. The molecule has 6 heteroatoms. The first-order valence-electron chi connectivity index (χ1n) is 9.51. The number of rotatable bonds is 4. The summed E-state index contributed by atoms with van der Waals surface area (Å²) >= 11 is 0. The van der Waals surface area contributed by atoms with Crippen LogP contribution < -0.4 is 4.74 Å². The molecule has 144 valence electrons. The second kappa shape index (κ2) is 7.53. The fourth-order valence-corrected chi connectivity index (χ4v) is 4.49. The number of nitrogens with zero attached hydrogens (tertiary/aromatic N) is 3. The van der Waals surface area contributed by atoms with Crippen LogP contribution in [0.5, 0.6) is 5.88 Å². The van der Waals surface area contributed by atoms with Crippen molar-refractivity contribution >= 4 is 5.91 Å². The average molecular weight is 361 g/mol. The number of aliphatic hydroxyl groups is 1. The summed E-state index contributed by atoms with van der Waals surface area (Å²) in [5.41, 5.74) is 0.370. The molecule has 1 aliphatic carbocycles. The number of aromatic nitrogens is 1. The molecule has 1 aliphatic heterocycles. The number of amides is 1. The fourth-order valence-electron chi connectivity index (χ4n) is 4.49. The van der Waals surface area contributed by atoms with Gasteiger partial charge in [-0.3, -0.25) is 4.79 Å². The van der Waals surface area contributed by atoms with Gasteiger partial charge in [0.25, 0.3) is 5.91 Å². The van der Waals surface area contributed by atoms with Gasteiger partial charge in [-0.1, -0.05) is 0 Å². The quantitative estimate of drug-likeness (QED) is 0.890. The van der Waals surface area contributed by atoms with Crippen LogP contribution in [0.15, 0.2) is 18.3 Å². The molecule has 6 nitrogen and oxygen atoms in total. The van der Waals surface area contributed by atoms with Crippen molar-refractivity contribution in [3.63, 3.8) is 0 Å². The highest BCUT2D eigenvalue weighted by Gasteiger charge is 2.43. The first-order valence-corrected chi connectivity index (χ1v) is 9.51. The summed E-state index contributed by atoms with van der Waals surface area (Å²) in [5.74, 6) is 0.571. The van der Waals surface area contributed by atoms with Crippen molar-refractivity contribution in [2.24, 2.45) is 5.41 Å². The molecule has 1 aromatic heterocycles. The highest BCUT2D eigenvalue weighted by molar-refractivity contribution is 5.94. The third kappa shape index (κ3) is 4.18. The van der Waals surface area contributed by atoms with Crippen LogP contribution in [0, 0.1) is 5.41 Å². The average Bonchev–Trinajstić information content (AvgIpc) is 2.64. The molecule has 2 heterocycles. The van der Waals surface area contributed by atoms with Crippen molar-refractivity contribution in [1.29, 1.82) is 0 Å². The Balaban J connectivity index is 1.55. The van der Waals surface area contributed by atoms with E-state index in [1.165, 1.54) is 0 Å². The molecular formula is C20H31N3O3. The lowest BCUT2D eigenvalue weighted by Gasteiger charge is -2.48. The van der Waals surface area contributed by atoms with E-state index in [4.69, 9.17) is 4.74 Å². The lowest BCUT2D eigenvalue weighted by molar-refractivity contribution is -0.0615. The summed E-state index contributed by atoms with van der Waals surface area (Å²) in [4.78, 5) is 20.8. The number of pyridine rings is 1. The van der Waals surface area contributed by atoms with E-state index in [2.05, 4.69) is 9.88 Å². The van der Waals surface area contributed by atoms with Crippen LogP contribution in [-0.2, 0) is 0 Å². The van der Waals surface area contributed by atoms with Gasteiger partial charge in [0.1, 0.15) is 0 Å². The molecule has 1 saturated heterocycles. The Hall–Kier alpha value is -1.66. The summed E-state index contributed by atoms with van der Waals surface area (Å²) in [6, 6.07) is 3.51. The molecule has 1 amide bonds. The lowest BCUT2D eigenvalue weighted by Crippen LogP contribution is -2.49. The van der Waals surface area contributed by atoms with Crippen LogP contribution in [0.4, 0.5) is 0 Å². The van der Waals surface area contributed by atoms with Gasteiger partial charge in [-0.15, -0.1) is 0 Å². The van der Waals surface area contributed by atoms with Gasteiger partial charge in [0.05, 0.1) is 18.3 Å². The van der Waals surface area contributed by atoms with Crippen LogP contribution in [0.2, 0.25) is 0 Å². The minimum absolute atomic E-state index is 0.0509. The zero-order valence-electron chi connectivity index (χ0n) is 16.2. The number of methoxy groups -OCH3 is 1. The van der Waals surface area contributed by atoms with Gasteiger partial charge in [-0.2, -0.15) is 0 Å². The molecule has 3 rings (SSSR count). The normalized spacial score (nSPS) is 21.8. The first kappa shape index (κ1) is 19.1. The molecule has 1 spiro atoms. The molecule has 0 unspecified atom stereocenters. The molecule has 0 atom stereocenters. The Morgan fingerprint density at radius 2 is 1.85 bits per heavy atom. The Bertz CT molecular complexity index is 612. The van der Waals surface area contributed by atoms with Crippen molar-refractivity contribution < 1.29 is 14.6 Å². The van der Waals surface area contributed by atoms with Gasteiger partial charge in [0.15, 0.2) is 0 Å². The summed E-state index contributed by atoms with van der Waals surface area (Å²) in [7, 11) is 5.60. The van der Waals surface area contributed by atoms with Crippen molar-refractivity contribution in [3.05, 3.63) is 23.9 Å². The predicted octanol–water partition coefficient (Wildman–Crippen LogP) is 2.18. The van der Waals surface area contributed by atoms with Gasteiger partial charge in [-0.25, -0.2) is 4.98 Å². The van der Waals surface area contributed by atoms with Crippen molar-refractivity contribution in [2.45, 2.75) is 44.1 Å². The van der Waals surface area contributed by atoms with Crippen LogP contribution in [0.3, 0.4) is 0 Å². The number of likely N-dealkylation sites (tertiary alicyclic amines) is 1. The second-order valence-corrected chi connectivity index (χ2v) is 8.34. The maximum Gasteiger partial charge on any atom is 0.255 e. The number of hydrogen-bond donors (Lipinski definition) is 1. The molecule has 0 aromatic carbocycles. The topological polar surface area (TPSA) is 65.9 Å². The Morgan fingerprint density at radius 3 is 2.35 bits per heavy atom. The summed E-state index contributed by atoms with van der Waals surface area (Å²) in [5, 5.41) is 10.8. The number of ether oxygens (including phenoxy) is 1. The van der Waals surface area contributed by atoms with E-state index in [0.29, 0.717) is 16.9 Å². The molecule has 26 heavy (non-hydrogen) atoms. The van der Waals surface area contributed by atoms with Gasteiger partial charge in [-0.05, 0) is 64.1 Å². The molecule has 1 N–H and O–H groups in total. The van der Waals surface area contributed by atoms with E-state index in [0.717, 1.165) is 58.2 Å². The molecular weight excluding hydrogens is 330 g/mol. The molecule has 2 aliphatic rings. The van der Waals surface area contributed by atoms with Crippen LogP contribution in [-0.4, -0.2) is 72.2 Å². The zero-order valence-corrected chi connectivity index (χ0v) is 16.2. The van der Waals surface area contributed by atoms with E-state index in [-0.39, 0.29) is 5.91 Å². The minimum Gasteiger partial charge on any atom is -0.481 e. The number of carbonyl (C=O) groups is 1. The van der Waals surface area contributed by atoms with E-state index in [9.17, 15) is 9.90 Å². The van der Waals surface area contributed by atoms with Crippen LogP contribution in [0.1, 0.15) is 48.9 Å². The number of hydrogen-bond acceptors (Lipinski definition) is 5. The summed E-state index contributed by atoms with van der Waals surface area (Å²) < 4.78 is 5.05. The summed E-state index contributed by atoms with van der Waals surface area (Å²) in [6.07, 6.45) is 7.49. The standard InChI is InChI=1S/C20H31N3O3/c1-22(2)15-20(25)8-6-19(7-9-20)10-12-23(13-11-19)18(24)16-4-5-17(26-3)21-14-16/h4-5,14,25H,6-13,15H2,1-3H3. The highest BCUT2D eigenvalue weighted by atomic mass is 16.5. The van der Waals surface area contributed by atoms with Gasteiger partial charge in [0, 0.05) is 31.9 Å². The second-order valence-electron chi connectivity index (χ2n) is 8.34. The van der Waals surface area contributed by atoms with Crippen molar-refractivity contribution in [1.82, 2.24) is 14.8 Å². The Morgan fingerprint density at radius 1 is 1.19 bits per heavy atom. The van der Waals surface area contributed by atoms with E-state index < -0.39 is 5.60 Å². The van der Waals surface area contributed by atoms with Crippen LogP contribution >= 0.6 is 0 Å². The largest absolute Gasteiger partial charge is 0.481 e. The monoisotopic (exact) mass is 361 g/mol. The van der Waals surface area contributed by atoms with E-state index >= 15 is 0 Å². The van der Waals surface area contributed by atoms with Gasteiger partial charge < -0.3 is 19.6 Å². The third-order valence-corrected chi connectivity index (χ3v) is 6.16. The minimum atomic E-state index is -0.545. The van der Waals surface area contributed by atoms with Gasteiger partial charge in [0.2, 0.25) is 5.88 Å². The third-order valence-electron chi connectivity index (χ3n) is 6.16. The van der Waals surface area contributed by atoms with E-state index in [1.807, 2.05) is 19.0 Å². The molecule has 0 radical (unpaired) electrons. The molecule has 0 bridgehead atoms. The van der Waals surface area contributed by atoms with Crippen molar-refractivity contribution in [3.8, 4) is 5.88 Å². The Kier molecular flexibility index (Phi) is 5.53. The number of piperidine rings is 1. The molecule has 1 saturated carbocycles. The van der Waals surface area contributed by atoms with Gasteiger partial charge >= 0.3 is 0 Å². The zero-order chi connectivity index (χ0) is 18.8. The van der Waals surface area contributed by atoms with Crippen LogP contribution in [0.25, 0.3) is 0 Å². The highest BCUT2D eigenvalue weighted by Crippen LogP contribution is 2.47. The fraction of sp³-hybridized carbons (Fsp3) is 0.700. The SMILES string of the molecule is COc1ccc(C(=O)N2CCC3(CC2)CCC(O)(CN(C)C)CC3)cn1. The first-order chi connectivity index (χ1) is 12.3.